The Morgan fingerprint density at radius 3 is 2.64 bits per heavy atom. The minimum absolute atomic E-state index is 0.111. The van der Waals surface area contributed by atoms with E-state index >= 15 is 0 Å². The maximum absolute atomic E-state index is 12.3. The summed E-state index contributed by atoms with van der Waals surface area (Å²) in [5.41, 5.74) is 0.157. The third kappa shape index (κ3) is 3.12. The average Bonchev–Trinajstić information content (AvgIpc) is 2.58. The molecule has 25 heavy (non-hydrogen) atoms. The van der Waals surface area contributed by atoms with Crippen LogP contribution in [0.3, 0.4) is 0 Å². The fourth-order valence-electron chi connectivity index (χ4n) is 2.45. The number of benzene rings is 2. The molecule has 0 bridgehead atoms. The number of phenols is 2. The van der Waals surface area contributed by atoms with Crippen LogP contribution in [0.4, 0.5) is 10.5 Å². The minimum Gasteiger partial charge on any atom is -0.507 e. The number of fused-ring (bicyclic) bond motifs is 1. The van der Waals surface area contributed by atoms with E-state index < -0.39 is 11.5 Å². The Bertz CT molecular complexity index is 1010. The van der Waals surface area contributed by atoms with E-state index in [-0.39, 0.29) is 34.8 Å². The highest BCUT2D eigenvalue weighted by Gasteiger charge is 2.16. The van der Waals surface area contributed by atoms with Crippen LogP contribution in [0.5, 0.6) is 11.5 Å². The molecular formula is C18H15NO6. The van der Waals surface area contributed by atoms with Gasteiger partial charge in [0.2, 0.25) is 0 Å². The first-order chi connectivity index (χ1) is 12.0. The third-order valence-corrected chi connectivity index (χ3v) is 3.54. The summed E-state index contributed by atoms with van der Waals surface area (Å²) >= 11 is 0. The standard InChI is InChI=1S/C18H15NO6/c1-2-24-18(23)19-11-6-4-3-5-10(11)15-9-14(22)16-12(20)7-8-13(21)17(16)25-15/h3-9,20-21H,2H2,1H3,(H,19,23). The van der Waals surface area contributed by atoms with Gasteiger partial charge < -0.3 is 19.4 Å². The summed E-state index contributed by atoms with van der Waals surface area (Å²) in [5, 5.41) is 22.2. The van der Waals surface area contributed by atoms with Crippen molar-refractivity contribution in [3.63, 3.8) is 0 Å². The molecule has 0 atom stereocenters. The SMILES string of the molecule is CCOC(=O)Nc1ccccc1-c1cc(=O)c2c(O)ccc(O)c2o1. The number of carbonyl (C=O) groups is 1. The summed E-state index contributed by atoms with van der Waals surface area (Å²) < 4.78 is 10.5. The van der Waals surface area contributed by atoms with Gasteiger partial charge in [-0.3, -0.25) is 10.1 Å². The van der Waals surface area contributed by atoms with Crippen LogP contribution in [0, 0.1) is 0 Å². The van der Waals surface area contributed by atoms with Gasteiger partial charge in [0.05, 0.1) is 12.3 Å². The summed E-state index contributed by atoms with van der Waals surface area (Å²) in [5.74, 6) is -0.431. The van der Waals surface area contributed by atoms with E-state index in [0.717, 1.165) is 0 Å². The molecule has 0 saturated carbocycles. The maximum atomic E-state index is 12.3. The number of rotatable bonds is 3. The zero-order valence-electron chi connectivity index (χ0n) is 13.3. The number of nitrogens with one attached hydrogen (secondary N) is 1. The molecule has 0 fully saturated rings. The van der Waals surface area contributed by atoms with E-state index in [1.54, 1.807) is 31.2 Å². The van der Waals surface area contributed by atoms with Crippen LogP contribution in [-0.2, 0) is 4.74 Å². The van der Waals surface area contributed by atoms with Crippen molar-refractivity contribution in [1.29, 1.82) is 0 Å². The average molecular weight is 341 g/mol. The van der Waals surface area contributed by atoms with Crippen molar-refractivity contribution < 1.29 is 24.2 Å². The Hall–Kier alpha value is -3.48. The number of amides is 1. The van der Waals surface area contributed by atoms with Crippen LogP contribution in [-0.4, -0.2) is 22.9 Å². The minimum atomic E-state index is -0.640. The predicted molar refractivity (Wildman–Crippen MR) is 91.9 cm³/mol. The number of ether oxygens (including phenoxy) is 1. The summed E-state index contributed by atoms with van der Waals surface area (Å²) in [6.45, 7) is 1.90. The lowest BCUT2D eigenvalue weighted by Crippen LogP contribution is -2.14. The monoisotopic (exact) mass is 341 g/mol. The number of hydrogen-bond acceptors (Lipinski definition) is 6. The molecule has 2 aromatic carbocycles. The first kappa shape index (κ1) is 16.4. The summed E-state index contributed by atoms with van der Waals surface area (Å²) in [6, 6.07) is 10.3. The second-order valence-corrected chi connectivity index (χ2v) is 5.17. The Morgan fingerprint density at radius 2 is 1.88 bits per heavy atom. The Morgan fingerprint density at radius 1 is 1.16 bits per heavy atom. The van der Waals surface area contributed by atoms with E-state index in [4.69, 9.17) is 9.15 Å². The first-order valence-electron chi connectivity index (χ1n) is 7.53. The molecule has 0 saturated heterocycles. The summed E-state index contributed by atoms with van der Waals surface area (Å²) in [4.78, 5) is 24.0. The van der Waals surface area contributed by atoms with Crippen molar-refractivity contribution >= 4 is 22.7 Å². The van der Waals surface area contributed by atoms with Gasteiger partial charge in [-0.2, -0.15) is 0 Å². The van der Waals surface area contributed by atoms with Gasteiger partial charge >= 0.3 is 6.09 Å². The quantitative estimate of drug-likeness (QED) is 0.630. The molecule has 3 aromatic rings. The molecule has 3 N–H and O–H groups in total. The normalized spacial score (nSPS) is 10.6. The van der Waals surface area contributed by atoms with Gasteiger partial charge in [0.25, 0.3) is 0 Å². The molecule has 1 aromatic heterocycles. The van der Waals surface area contributed by atoms with Crippen LogP contribution in [0.25, 0.3) is 22.3 Å². The van der Waals surface area contributed by atoms with Crippen molar-refractivity contribution in [3.8, 4) is 22.8 Å². The lowest BCUT2D eigenvalue weighted by atomic mass is 10.1. The van der Waals surface area contributed by atoms with Crippen LogP contribution < -0.4 is 10.7 Å². The van der Waals surface area contributed by atoms with Crippen LogP contribution in [0.15, 0.2) is 51.7 Å². The Balaban J connectivity index is 2.16. The lowest BCUT2D eigenvalue weighted by Gasteiger charge is -2.11. The molecule has 0 aliphatic heterocycles. The first-order valence-corrected chi connectivity index (χ1v) is 7.53. The van der Waals surface area contributed by atoms with E-state index in [9.17, 15) is 19.8 Å². The van der Waals surface area contributed by atoms with Crippen molar-refractivity contribution in [2.45, 2.75) is 6.92 Å². The molecule has 128 valence electrons. The molecule has 0 aliphatic carbocycles. The molecule has 0 spiro atoms. The second-order valence-electron chi connectivity index (χ2n) is 5.17. The van der Waals surface area contributed by atoms with Crippen LogP contribution >= 0.6 is 0 Å². The molecular weight excluding hydrogens is 326 g/mol. The highest BCUT2D eigenvalue weighted by molar-refractivity contribution is 5.93. The van der Waals surface area contributed by atoms with Gasteiger partial charge in [0.1, 0.15) is 16.9 Å². The molecule has 7 nitrogen and oxygen atoms in total. The van der Waals surface area contributed by atoms with Gasteiger partial charge in [0, 0.05) is 11.6 Å². The van der Waals surface area contributed by atoms with E-state index in [0.29, 0.717) is 11.3 Å². The molecule has 0 unspecified atom stereocenters. The van der Waals surface area contributed by atoms with Crippen LogP contribution in [0.2, 0.25) is 0 Å². The highest BCUT2D eigenvalue weighted by Crippen LogP contribution is 2.34. The second kappa shape index (κ2) is 6.56. The largest absolute Gasteiger partial charge is 0.507 e. The van der Waals surface area contributed by atoms with E-state index in [2.05, 4.69) is 5.32 Å². The third-order valence-electron chi connectivity index (χ3n) is 3.54. The highest BCUT2D eigenvalue weighted by atomic mass is 16.5. The van der Waals surface area contributed by atoms with Crippen LogP contribution in [0.1, 0.15) is 6.92 Å². The Labute approximate surface area is 142 Å². The summed E-state index contributed by atoms with van der Waals surface area (Å²) in [7, 11) is 0. The van der Waals surface area contributed by atoms with E-state index in [1.807, 2.05) is 0 Å². The topological polar surface area (TPSA) is 109 Å². The fourth-order valence-corrected chi connectivity index (χ4v) is 2.45. The number of anilines is 1. The van der Waals surface area contributed by atoms with Crippen molar-refractivity contribution in [2.24, 2.45) is 0 Å². The Kier molecular flexibility index (Phi) is 4.30. The van der Waals surface area contributed by atoms with Gasteiger partial charge in [-0.05, 0) is 31.2 Å². The van der Waals surface area contributed by atoms with Gasteiger partial charge in [0.15, 0.2) is 16.8 Å². The van der Waals surface area contributed by atoms with Gasteiger partial charge in [-0.15, -0.1) is 0 Å². The molecule has 3 rings (SSSR count). The summed E-state index contributed by atoms with van der Waals surface area (Å²) in [6.07, 6.45) is -0.640. The molecule has 0 aliphatic rings. The fraction of sp³-hybridized carbons (Fsp3) is 0.111. The zero-order valence-corrected chi connectivity index (χ0v) is 13.3. The van der Waals surface area contributed by atoms with Gasteiger partial charge in [-0.1, -0.05) is 12.1 Å². The molecule has 1 heterocycles. The number of para-hydroxylation sites is 1. The number of phenolic OH excluding ortho intramolecular Hbond substituents is 2. The number of aromatic hydroxyl groups is 2. The van der Waals surface area contributed by atoms with Crippen molar-refractivity contribution in [1.82, 2.24) is 0 Å². The predicted octanol–water partition coefficient (Wildman–Crippen LogP) is 3.44. The molecule has 7 heteroatoms. The lowest BCUT2D eigenvalue weighted by molar-refractivity contribution is 0.168. The van der Waals surface area contributed by atoms with E-state index in [1.165, 1.54) is 18.2 Å². The van der Waals surface area contributed by atoms with Crippen molar-refractivity contribution in [3.05, 3.63) is 52.7 Å². The smallest absolute Gasteiger partial charge is 0.411 e. The maximum Gasteiger partial charge on any atom is 0.411 e. The van der Waals surface area contributed by atoms with Crippen molar-refractivity contribution in [2.75, 3.05) is 11.9 Å². The molecule has 1 amide bonds. The molecule has 0 radical (unpaired) electrons. The zero-order chi connectivity index (χ0) is 18.0. The van der Waals surface area contributed by atoms with Gasteiger partial charge in [-0.25, -0.2) is 4.79 Å². The number of carbonyl (C=O) groups excluding carboxylic acids is 1. The number of hydrogen-bond donors (Lipinski definition) is 3.